The smallest absolute Gasteiger partial charge is 0.408 e. The molecule has 0 aromatic heterocycles. The normalized spacial score (nSPS) is 12.6. The second-order valence-electron chi connectivity index (χ2n) is 16.3. The fourth-order valence-corrected chi connectivity index (χ4v) is 5.20. The molecular weight excluding hydrogens is 831 g/mol. The van der Waals surface area contributed by atoms with Crippen molar-refractivity contribution in [3.8, 4) is 5.75 Å². The zero-order valence-electron chi connectivity index (χ0n) is 37.0. The van der Waals surface area contributed by atoms with Gasteiger partial charge in [0.2, 0.25) is 0 Å². The van der Waals surface area contributed by atoms with Crippen LogP contribution in [0.4, 0.5) is 14.4 Å². The molecular formula is C47H59N3O14. The van der Waals surface area contributed by atoms with E-state index in [1.807, 2.05) is 87.5 Å². The van der Waals surface area contributed by atoms with E-state index in [4.69, 9.17) is 34.3 Å². The number of rotatable bonds is 16. The molecule has 7 N–H and O–H groups in total. The van der Waals surface area contributed by atoms with E-state index in [1.54, 1.807) is 69.3 Å². The Kier molecular flexibility index (Phi) is 21.8. The molecule has 4 atom stereocenters. The molecule has 0 spiro atoms. The molecule has 0 saturated heterocycles. The molecule has 0 bridgehead atoms. The second kappa shape index (κ2) is 26.4. The minimum absolute atomic E-state index is 0.0405. The molecule has 1 unspecified atom stereocenters. The Balaban J connectivity index is 0.000000340. The van der Waals surface area contributed by atoms with E-state index < -0.39 is 65.8 Å². The summed E-state index contributed by atoms with van der Waals surface area (Å²) in [7, 11) is 0. The van der Waals surface area contributed by atoms with Crippen molar-refractivity contribution in [3.63, 3.8) is 0 Å². The number of carboxylic acids is 3. The van der Waals surface area contributed by atoms with Crippen LogP contribution in [0.2, 0.25) is 0 Å². The van der Waals surface area contributed by atoms with Crippen molar-refractivity contribution in [2.45, 2.75) is 105 Å². The lowest BCUT2D eigenvalue weighted by Gasteiger charge is -2.27. The van der Waals surface area contributed by atoms with Gasteiger partial charge in [0.25, 0.3) is 0 Å². The molecule has 346 valence electrons. The third-order valence-electron chi connectivity index (χ3n) is 8.41. The van der Waals surface area contributed by atoms with Gasteiger partial charge in [0.1, 0.15) is 43.3 Å². The van der Waals surface area contributed by atoms with Crippen LogP contribution < -0.4 is 20.7 Å². The van der Waals surface area contributed by atoms with Crippen molar-refractivity contribution in [1.29, 1.82) is 0 Å². The van der Waals surface area contributed by atoms with E-state index in [1.165, 1.54) is 6.92 Å². The van der Waals surface area contributed by atoms with Crippen molar-refractivity contribution in [2.75, 3.05) is 0 Å². The van der Waals surface area contributed by atoms with Gasteiger partial charge in [0.05, 0.1) is 6.10 Å². The summed E-state index contributed by atoms with van der Waals surface area (Å²) in [6.07, 6.45) is -3.44. The first kappa shape index (κ1) is 53.0. The predicted molar refractivity (Wildman–Crippen MR) is 235 cm³/mol. The van der Waals surface area contributed by atoms with Crippen molar-refractivity contribution >= 4 is 36.2 Å². The predicted octanol–water partition coefficient (Wildman–Crippen LogP) is 6.94. The van der Waals surface area contributed by atoms with Crippen LogP contribution in [-0.2, 0) is 54.8 Å². The highest BCUT2D eigenvalue weighted by atomic mass is 16.6. The summed E-state index contributed by atoms with van der Waals surface area (Å²) in [4.78, 5) is 68.1. The summed E-state index contributed by atoms with van der Waals surface area (Å²) in [5.74, 6) is -2.82. The number of hydrogen-bond donors (Lipinski definition) is 7. The largest absolute Gasteiger partial charge is 0.488 e. The van der Waals surface area contributed by atoms with E-state index in [-0.39, 0.29) is 31.8 Å². The van der Waals surface area contributed by atoms with Crippen LogP contribution in [0.1, 0.15) is 70.7 Å². The third kappa shape index (κ3) is 22.1. The van der Waals surface area contributed by atoms with Gasteiger partial charge in [-0.2, -0.15) is 0 Å². The number of hydrogen-bond acceptors (Lipinski definition) is 11. The number of benzene rings is 4. The summed E-state index contributed by atoms with van der Waals surface area (Å²) in [6.45, 7) is 12.6. The molecule has 0 fully saturated rings. The van der Waals surface area contributed by atoms with Crippen molar-refractivity contribution in [3.05, 3.63) is 138 Å². The van der Waals surface area contributed by atoms with Crippen LogP contribution in [0.3, 0.4) is 0 Å². The first-order chi connectivity index (χ1) is 30.0. The van der Waals surface area contributed by atoms with Crippen LogP contribution in [-0.4, -0.2) is 86.4 Å². The molecule has 0 saturated carbocycles. The van der Waals surface area contributed by atoms with Gasteiger partial charge in [0, 0.05) is 6.42 Å². The highest BCUT2D eigenvalue weighted by molar-refractivity contribution is 5.81. The lowest BCUT2D eigenvalue weighted by Crippen LogP contribution is -2.49. The number of nitrogens with one attached hydrogen (secondary N) is 3. The number of carbonyl (C=O) groups excluding carboxylic acids is 3. The molecule has 4 rings (SSSR count). The van der Waals surface area contributed by atoms with E-state index in [9.17, 15) is 33.9 Å². The quantitative estimate of drug-likeness (QED) is 0.0563. The average molecular weight is 890 g/mol. The molecule has 17 heteroatoms. The fraction of sp³-hybridized carbons (Fsp3) is 0.362. The zero-order chi connectivity index (χ0) is 47.9. The minimum Gasteiger partial charge on any atom is -0.488 e. The van der Waals surface area contributed by atoms with E-state index in [2.05, 4.69) is 16.0 Å². The Labute approximate surface area is 372 Å². The summed E-state index contributed by atoms with van der Waals surface area (Å²) >= 11 is 0. The number of amides is 3. The van der Waals surface area contributed by atoms with Crippen LogP contribution in [0, 0.1) is 5.41 Å². The lowest BCUT2D eigenvalue weighted by atomic mass is 9.87. The lowest BCUT2D eigenvalue weighted by molar-refractivity contribution is -0.143. The third-order valence-corrected chi connectivity index (χ3v) is 8.41. The summed E-state index contributed by atoms with van der Waals surface area (Å²) < 4.78 is 20.7. The Hall–Kier alpha value is -7.14. The van der Waals surface area contributed by atoms with Gasteiger partial charge in [-0.1, -0.05) is 124 Å². The summed E-state index contributed by atoms with van der Waals surface area (Å²) in [6, 6.07) is 31.0. The van der Waals surface area contributed by atoms with Gasteiger partial charge in [-0.05, 0) is 67.5 Å². The average Bonchev–Trinajstić information content (AvgIpc) is 3.23. The Bertz CT molecular complexity index is 2050. The van der Waals surface area contributed by atoms with Crippen LogP contribution in [0.25, 0.3) is 0 Å². The first-order valence-electron chi connectivity index (χ1n) is 20.1. The van der Waals surface area contributed by atoms with Crippen molar-refractivity contribution < 1.29 is 68.1 Å². The molecule has 4 aromatic carbocycles. The number of aliphatic hydroxyl groups is 1. The molecule has 3 amide bonds. The number of aliphatic carboxylic acids is 3. The molecule has 64 heavy (non-hydrogen) atoms. The molecule has 0 aliphatic carbocycles. The molecule has 0 heterocycles. The monoisotopic (exact) mass is 889 g/mol. The van der Waals surface area contributed by atoms with Crippen molar-refractivity contribution in [2.24, 2.45) is 5.41 Å². The van der Waals surface area contributed by atoms with Gasteiger partial charge in [-0.3, -0.25) is 0 Å². The maximum atomic E-state index is 11.9. The number of alkyl carbamates (subject to hydrolysis) is 3. The molecule has 0 aliphatic heterocycles. The highest BCUT2D eigenvalue weighted by Crippen LogP contribution is 2.20. The number of ether oxygens (including phenoxy) is 4. The van der Waals surface area contributed by atoms with Crippen LogP contribution >= 0.6 is 0 Å². The van der Waals surface area contributed by atoms with Crippen LogP contribution in [0.15, 0.2) is 115 Å². The fourth-order valence-electron chi connectivity index (χ4n) is 5.20. The standard InChI is InChI=1S/C21H25NO5.C14H19NO4.C12H15NO5/c1-21(2,3)27-17-11-9-15(10-12-17)13-18(19(23)24)22-20(25)26-14-16-7-5-4-6-8-16;1-14(2,3)11(12(16)17)15-13(18)19-9-10-7-5-4-6-8-10;1-8(14)10(11(15)16)13-12(17)18-7-9-5-3-2-4-6-9/h4-12,18H,13-14H2,1-3H3,(H,22,25)(H,23,24);4-8,11H,9H2,1-3H3,(H,15,18)(H,16,17);2-6,8,10,14H,7H2,1H3,(H,13,17)(H,15,16)/t18-;11-;8?,10-/m010/s1. The Morgan fingerprint density at radius 3 is 1.23 bits per heavy atom. The van der Waals surface area contributed by atoms with Crippen molar-refractivity contribution in [1.82, 2.24) is 16.0 Å². The maximum Gasteiger partial charge on any atom is 0.408 e. The van der Waals surface area contributed by atoms with Crippen LogP contribution in [0.5, 0.6) is 5.75 Å². The molecule has 4 aromatic rings. The maximum absolute atomic E-state index is 11.9. The van der Waals surface area contributed by atoms with E-state index in [0.29, 0.717) is 5.75 Å². The Morgan fingerprint density at radius 1 is 0.516 bits per heavy atom. The SMILES string of the molecule is CC(C)(C)Oc1ccc(C[C@H](NC(=O)OCc2ccccc2)C(=O)O)cc1.CC(C)(C)[C@H](NC(=O)OCc1ccccc1)C(=O)O.CC(O)[C@H](NC(=O)OCc1ccccc1)C(=O)O. The van der Waals surface area contributed by atoms with Gasteiger partial charge in [-0.25, -0.2) is 28.8 Å². The molecule has 0 aliphatic rings. The zero-order valence-corrected chi connectivity index (χ0v) is 37.0. The van der Waals surface area contributed by atoms with E-state index in [0.717, 1.165) is 22.3 Å². The van der Waals surface area contributed by atoms with Gasteiger partial charge in [0.15, 0.2) is 6.04 Å². The first-order valence-corrected chi connectivity index (χ1v) is 20.1. The second-order valence-corrected chi connectivity index (χ2v) is 16.3. The number of aliphatic hydroxyl groups excluding tert-OH is 1. The Morgan fingerprint density at radius 2 is 0.906 bits per heavy atom. The minimum atomic E-state index is -1.38. The van der Waals surface area contributed by atoms with Gasteiger partial charge in [-0.15, -0.1) is 0 Å². The highest BCUT2D eigenvalue weighted by Gasteiger charge is 2.33. The topological polar surface area (TPSA) is 256 Å². The van der Waals surface area contributed by atoms with Gasteiger partial charge < -0.3 is 55.3 Å². The molecule has 0 radical (unpaired) electrons. The number of carbonyl (C=O) groups is 6. The number of carboxylic acid groups (broad SMARTS) is 3. The summed E-state index contributed by atoms with van der Waals surface area (Å²) in [5.41, 5.74) is 2.34. The molecule has 17 nitrogen and oxygen atoms in total. The van der Waals surface area contributed by atoms with E-state index >= 15 is 0 Å². The van der Waals surface area contributed by atoms with Gasteiger partial charge >= 0.3 is 36.2 Å². The summed E-state index contributed by atoms with van der Waals surface area (Å²) in [5, 5.41) is 43.2.